The van der Waals surface area contributed by atoms with Crippen LogP contribution in [0.15, 0.2) is 41.0 Å². The van der Waals surface area contributed by atoms with E-state index in [2.05, 4.69) is 38.4 Å². The van der Waals surface area contributed by atoms with Gasteiger partial charge in [-0.1, -0.05) is 39.7 Å². The molecular weight excluding hydrogens is 336 g/mol. The molecule has 0 saturated carbocycles. The summed E-state index contributed by atoms with van der Waals surface area (Å²) in [4.78, 5) is 4.59. The molecule has 2 aromatic rings. The number of fused-ring (bicyclic) bond motifs is 1. The van der Waals surface area contributed by atoms with Crippen molar-refractivity contribution in [1.82, 2.24) is 10.3 Å². The molecule has 0 bridgehead atoms. The zero-order chi connectivity index (χ0) is 14.1. The van der Waals surface area contributed by atoms with Crippen molar-refractivity contribution in [1.29, 1.82) is 0 Å². The Morgan fingerprint density at radius 3 is 3.00 bits per heavy atom. The number of benzene rings is 1. The van der Waals surface area contributed by atoms with Gasteiger partial charge in [-0.2, -0.15) is 0 Å². The second kappa shape index (κ2) is 5.84. The van der Waals surface area contributed by atoms with Crippen LogP contribution in [0.25, 0.3) is 0 Å². The lowest BCUT2D eigenvalue weighted by atomic mass is 9.91. The quantitative estimate of drug-likeness (QED) is 0.881. The first-order valence-corrected chi connectivity index (χ1v) is 7.94. The predicted molar refractivity (Wildman–Crippen MR) is 86.3 cm³/mol. The summed E-state index contributed by atoms with van der Waals surface area (Å²) >= 11 is 9.88. The van der Waals surface area contributed by atoms with E-state index in [0.29, 0.717) is 5.92 Å². The van der Waals surface area contributed by atoms with Crippen molar-refractivity contribution in [2.75, 3.05) is 7.05 Å². The average molecular weight is 352 g/mol. The van der Waals surface area contributed by atoms with Crippen LogP contribution in [0.5, 0.6) is 0 Å². The van der Waals surface area contributed by atoms with Crippen LogP contribution in [0.3, 0.4) is 0 Å². The Balaban J connectivity index is 1.99. The monoisotopic (exact) mass is 350 g/mol. The second-order valence-electron chi connectivity index (χ2n) is 5.13. The molecule has 2 nitrogen and oxygen atoms in total. The van der Waals surface area contributed by atoms with Crippen LogP contribution in [0.4, 0.5) is 0 Å². The maximum Gasteiger partial charge on any atom is 0.0485 e. The highest BCUT2D eigenvalue weighted by atomic mass is 79.9. The molecule has 1 N–H and O–H groups in total. The molecule has 1 aliphatic rings. The molecule has 104 valence electrons. The van der Waals surface area contributed by atoms with Crippen molar-refractivity contribution < 1.29 is 0 Å². The predicted octanol–water partition coefficient (Wildman–Crippen LogP) is 4.49. The number of hydrogen-bond donors (Lipinski definition) is 1. The number of hydrogen-bond acceptors (Lipinski definition) is 2. The van der Waals surface area contributed by atoms with Crippen LogP contribution in [0, 0.1) is 0 Å². The van der Waals surface area contributed by atoms with Crippen molar-refractivity contribution in [2.45, 2.75) is 24.8 Å². The van der Waals surface area contributed by atoms with Gasteiger partial charge in [-0.05, 0) is 49.2 Å². The molecular formula is C16H16BrClN2. The van der Waals surface area contributed by atoms with E-state index in [1.165, 1.54) is 11.3 Å². The molecule has 3 rings (SSSR count). The molecule has 1 heterocycles. The number of nitrogens with zero attached hydrogens (tertiary/aromatic N) is 1. The number of rotatable bonds is 3. The van der Waals surface area contributed by atoms with Gasteiger partial charge in [-0.15, -0.1) is 0 Å². The maximum atomic E-state index is 6.42. The van der Waals surface area contributed by atoms with Gasteiger partial charge in [0.2, 0.25) is 0 Å². The number of nitrogens with one attached hydrogen (secondary N) is 1. The number of pyridine rings is 1. The normalized spacial score (nSPS) is 18.9. The van der Waals surface area contributed by atoms with Crippen LogP contribution >= 0.6 is 27.5 Å². The lowest BCUT2D eigenvalue weighted by molar-refractivity contribution is 0.470. The molecule has 20 heavy (non-hydrogen) atoms. The molecule has 0 spiro atoms. The summed E-state index contributed by atoms with van der Waals surface area (Å²) in [5, 5.41) is 4.22. The Labute approximate surface area is 132 Å². The summed E-state index contributed by atoms with van der Waals surface area (Å²) in [7, 11) is 1.99. The third-order valence-corrected chi connectivity index (χ3v) is 4.83. The highest BCUT2D eigenvalue weighted by Gasteiger charge is 2.31. The summed E-state index contributed by atoms with van der Waals surface area (Å²) in [6.45, 7) is 0. The smallest absolute Gasteiger partial charge is 0.0485 e. The average Bonchev–Trinajstić information content (AvgIpc) is 2.86. The molecule has 2 unspecified atom stereocenters. The number of aryl methyl sites for hydroxylation is 1. The van der Waals surface area contributed by atoms with Crippen molar-refractivity contribution in [2.24, 2.45) is 0 Å². The van der Waals surface area contributed by atoms with Gasteiger partial charge in [0, 0.05) is 33.3 Å². The van der Waals surface area contributed by atoms with Crippen LogP contribution in [-0.2, 0) is 6.42 Å². The van der Waals surface area contributed by atoms with Crippen molar-refractivity contribution >= 4 is 27.5 Å². The van der Waals surface area contributed by atoms with Crippen LogP contribution < -0.4 is 5.32 Å². The summed E-state index contributed by atoms with van der Waals surface area (Å²) in [6, 6.07) is 10.5. The van der Waals surface area contributed by atoms with Gasteiger partial charge >= 0.3 is 0 Å². The molecule has 1 aromatic carbocycles. The van der Waals surface area contributed by atoms with Crippen molar-refractivity contribution in [3.63, 3.8) is 0 Å². The zero-order valence-corrected chi connectivity index (χ0v) is 13.6. The molecule has 1 aromatic heterocycles. The van der Waals surface area contributed by atoms with Gasteiger partial charge in [0.25, 0.3) is 0 Å². The van der Waals surface area contributed by atoms with E-state index in [0.717, 1.165) is 27.9 Å². The fraction of sp³-hybridized carbons (Fsp3) is 0.312. The van der Waals surface area contributed by atoms with Gasteiger partial charge in [0.05, 0.1) is 0 Å². The molecule has 0 saturated heterocycles. The fourth-order valence-corrected chi connectivity index (χ4v) is 3.89. The van der Waals surface area contributed by atoms with E-state index in [1.54, 1.807) is 0 Å². The van der Waals surface area contributed by atoms with Crippen molar-refractivity contribution in [3.8, 4) is 0 Å². The highest BCUT2D eigenvalue weighted by Crippen LogP contribution is 2.42. The fourth-order valence-electron chi connectivity index (χ4n) is 3.10. The second-order valence-corrected chi connectivity index (χ2v) is 6.45. The summed E-state index contributed by atoms with van der Waals surface area (Å²) in [5.74, 6) is 0.384. The van der Waals surface area contributed by atoms with Gasteiger partial charge in [0.1, 0.15) is 0 Å². The van der Waals surface area contributed by atoms with E-state index >= 15 is 0 Å². The minimum atomic E-state index is 0.201. The Bertz CT molecular complexity index is 630. The highest BCUT2D eigenvalue weighted by molar-refractivity contribution is 9.10. The van der Waals surface area contributed by atoms with E-state index in [-0.39, 0.29) is 6.04 Å². The summed E-state index contributed by atoms with van der Waals surface area (Å²) in [6.07, 6.45) is 4.09. The Morgan fingerprint density at radius 2 is 2.25 bits per heavy atom. The maximum absolute atomic E-state index is 6.42. The van der Waals surface area contributed by atoms with E-state index in [9.17, 15) is 0 Å². The number of halogens is 2. The summed E-state index contributed by atoms with van der Waals surface area (Å²) < 4.78 is 1.01. The van der Waals surface area contributed by atoms with Gasteiger partial charge < -0.3 is 5.32 Å². The molecule has 2 atom stereocenters. The van der Waals surface area contributed by atoms with E-state index in [4.69, 9.17) is 11.6 Å². The third kappa shape index (κ3) is 2.50. The largest absolute Gasteiger partial charge is 0.312 e. The van der Waals surface area contributed by atoms with E-state index in [1.807, 2.05) is 31.4 Å². The Morgan fingerprint density at radius 1 is 1.40 bits per heavy atom. The molecule has 0 amide bonds. The number of likely N-dealkylation sites (N-methyl/N-ethyl adjacent to an activating group) is 1. The van der Waals surface area contributed by atoms with Crippen molar-refractivity contribution in [3.05, 3.63) is 62.8 Å². The first-order valence-electron chi connectivity index (χ1n) is 6.76. The van der Waals surface area contributed by atoms with Crippen LogP contribution in [0.2, 0.25) is 5.02 Å². The zero-order valence-electron chi connectivity index (χ0n) is 11.2. The molecule has 1 aliphatic carbocycles. The van der Waals surface area contributed by atoms with Crippen LogP contribution in [-0.4, -0.2) is 12.0 Å². The first-order chi connectivity index (χ1) is 9.70. The minimum Gasteiger partial charge on any atom is -0.312 e. The SMILES string of the molecule is CNC(c1ccc(Br)cc1Cl)C1CCc2cccnc21. The molecule has 0 fully saturated rings. The Hall–Kier alpha value is -0.900. The lowest BCUT2D eigenvalue weighted by Crippen LogP contribution is -2.23. The minimum absolute atomic E-state index is 0.201. The topological polar surface area (TPSA) is 24.9 Å². The van der Waals surface area contributed by atoms with Gasteiger partial charge in [0.15, 0.2) is 0 Å². The molecule has 0 aliphatic heterocycles. The molecule has 4 heteroatoms. The molecule has 0 radical (unpaired) electrons. The van der Waals surface area contributed by atoms with E-state index < -0.39 is 0 Å². The lowest BCUT2D eigenvalue weighted by Gasteiger charge is -2.25. The van der Waals surface area contributed by atoms with Gasteiger partial charge in [-0.25, -0.2) is 0 Å². The number of aromatic nitrogens is 1. The standard InChI is InChI=1S/C16H16BrClN2/c1-19-16(12-7-5-11(17)9-14(12)18)13-6-4-10-3-2-8-20-15(10)13/h2-3,5,7-9,13,16,19H,4,6H2,1H3. The third-order valence-electron chi connectivity index (χ3n) is 4.01. The van der Waals surface area contributed by atoms with Gasteiger partial charge in [-0.3, -0.25) is 4.98 Å². The Kier molecular flexibility index (Phi) is 4.11. The first kappa shape index (κ1) is 14.1. The van der Waals surface area contributed by atoms with Crippen LogP contribution in [0.1, 0.15) is 35.2 Å². The summed E-state index contributed by atoms with van der Waals surface area (Å²) in [5.41, 5.74) is 3.72.